The van der Waals surface area contributed by atoms with Crippen LogP contribution in [0.4, 0.5) is 33.1 Å². The molecule has 0 saturated carbocycles. The van der Waals surface area contributed by atoms with Crippen LogP contribution in [0.25, 0.3) is 0 Å². The largest absolute Gasteiger partial charge is 0.340 e. The summed E-state index contributed by atoms with van der Waals surface area (Å²) in [6.45, 7) is 1.45. The van der Waals surface area contributed by atoms with E-state index in [1.54, 1.807) is 36.4 Å². The lowest BCUT2D eigenvalue weighted by Gasteiger charge is -2.10. The summed E-state index contributed by atoms with van der Waals surface area (Å²) in [6, 6.07) is 15.2. The Hall–Kier alpha value is -3.48. The number of carbonyl (C=O) groups excluding carboxylic acids is 1. The Kier molecular flexibility index (Phi) is 4.84. The standard InChI is InChI=1S/C18H16FN5O/c1-12(25)22-13-5-4-6-14(9-13)23-17-10-18(21-11-20-17)24-16-8-3-2-7-15(16)19/h2-11H,1H3,(H,22,25)(H2,20,21,23,24). The van der Waals surface area contributed by atoms with Crippen LogP contribution in [0.3, 0.4) is 0 Å². The van der Waals surface area contributed by atoms with Gasteiger partial charge in [-0.1, -0.05) is 18.2 Å². The van der Waals surface area contributed by atoms with Crippen LogP contribution in [0, 0.1) is 5.82 Å². The lowest BCUT2D eigenvalue weighted by molar-refractivity contribution is -0.114. The average Bonchev–Trinajstić information content (AvgIpc) is 2.57. The van der Waals surface area contributed by atoms with Crippen LogP contribution in [0.15, 0.2) is 60.9 Å². The summed E-state index contributed by atoms with van der Waals surface area (Å²) < 4.78 is 13.7. The molecule has 0 bridgehead atoms. The fraction of sp³-hybridized carbons (Fsp3) is 0.0556. The second kappa shape index (κ2) is 7.39. The highest BCUT2D eigenvalue weighted by molar-refractivity contribution is 5.89. The fourth-order valence-corrected chi connectivity index (χ4v) is 2.22. The van der Waals surface area contributed by atoms with Gasteiger partial charge in [0.05, 0.1) is 5.69 Å². The third kappa shape index (κ3) is 4.51. The molecular weight excluding hydrogens is 321 g/mol. The zero-order valence-electron chi connectivity index (χ0n) is 13.5. The van der Waals surface area contributed by atoms with Crippen LogP contribution in [0.2, 0.25) is 0 Å². The van der Waals surface area contributed by atoms with Gasteiger partial charge < -0.3 is 16.0 Å². The van der Waals surface area contributed by atoms with Crippen molar-refractivity contribution in [3.63, 3.8) is 0 Å². The van der Waals surface area contributed by atoms with Gasteiger partial charge in [0, 0.05) is 24.4 Å². The molecule has 1 amide bonds. The normalized spacial score (nSPS) is 10.2. The highest BCUT2D eigenvalue weighted by Crippen LogP contribution is 2.22. The average molecular weight is 337 g/mol. The number of nitrogens with one attached hydrogen (secondary N) is 3. The summed E-state index contributed by atoms with van der Waals surface area (Å²) in [6.07, 6.45) is 1.38. The minimum atomic E-state index is -0.362. The van der Waals surface area contributed by atoms with Gasteiger partial charge in [0.15, 0.2) is 0 Å². The fourth-order valence-electron chi connectivity index (χ4n) is 2.22. The van der Waals surface area contributed by atoms with Crippen molar-refractivity contribution in [3.8, 4) is 0 Å². The van der Waals surface area contributed by atoms with Crippen molar-refractivity contribution < 1.29 is 9.18 Å². The van der Waals surface area contributed by atoms with Crippen molar-refractivity contribution in [2.45, 2.75) is 6.92 Å². The lowest BCUT2D eigenvalue weighted by atomic mass is 10.2. The predicted octanol–water partition coefficient (Wildman–Crippen LogP) is 4.06. The maximum atomic E-state index is 13.7. The first kappa shape index (κ1) is 16.4. The van der Waals surface area contributed by atoms with E-state index in [2.05, 4.69) is 25.9 Å². The number of nitrogens with zero attached hydrogens (tertiary/aromatic N) is 2. The second-order valence-corrected chi connectivity index (χ2v) is 5.28. The number of rotatable bonds is 5. The van der Waals surface area contributed by atoms with Crippen LogP contribution in [-0.2, 0) is 4.79 Å². The highest BCUT2D eigenvalue weighted by atomic mass is 19.1. The molecule has 25 heavy (non-hydrogen) atoms. The molecule has 0 unspecified atom stereocenters. The molecular formula is C18H16FN5O. The van der Waals surface area contributed by atoms with Crippen molar-refractivity contribution in [1.82, 2.24) is 9.97 Å². The maximum Gasteiger partial charge on any atom is 0.221 e. The number of anilines is 5. The molecule has 126 valence electrons. The number of halogens is 1. The number of benzene rings is 2. The molecule has 3 rings (SSSR count). The summed E-state index contributed by atoms with van der Waals surface area (Å²) in [7, 11) is 0. The molecule has 3 aromatic rings. The Morgan fingerprint density at radius 2 is 1.64 bits per heavy atom. The number of hydrogen-bond donors (Lipinski definition) is 3. The number of carbonyl (C=O) groups is 1. The quantitative estimate of drug-likeness (QED) is 0.654. The first-order valence-electron chi connectivity index (χ1n) is 7.58. The Balaban J connectivity index is 1.76. The third-order valence-electron chi connectivity index (χ3n) is 3.26. The first-order valence-corrected chi connectivity index (χ1v) is 7.58. The van der Waals surface area contributed by atoms with E-state index in [9.17, 15) is 9.18 Å². The zero-order valence-corrected chi connectivity index (χ0v) is 13.5. The van der Waals surface area contributed by atoms with E-state index >= 15 is 0 Å². The van der Waals surface area contributed by atoms with Crippen molar-refractivity contribution in [2.75, 3.05) is 16.0 Å². The van der Waals surface area contributed by atoms with Crippen LogP contribution in [0.1, 0.15) is 6.92 Å². The summed E-state index contributed by atoms with van der Waals surface area (Å²) in [5.74, 6) is 0.489. The maximum absolute atomic E-state index is 13.7. The number of hydrogen-bond acceptors (Lipinski definition) is 5. The minimum Gasteiger partial charge on any atom is -0.340 e. The van der Waals surface area contributed by atoms with Crippen LogP contribution >= 0.6 is 0 Å². The van der Waals surface area contributed by atoms with Gasteiger partial charge in [-0.05, 0) is 30.3 Å². The van der Waals surface area contributed by atoms with Gasteiger partial charge in [0.2, 0.25) is 5.91 Å². The van der Waals surface area contributed by atoms with Gasteiger partial charge in [-0.2, -0.15) is 0 Å². The van der Waals surface area contributed by atoms with Gasteiger partial charge >= 0.3 is 0 Å². The summed E-state index contributed by atoms with van der Waals surface area (Å²) >= 11 is 0. The monoisotopic (exact) mass is 337 g/mol. The van der Waals surface area contributed by atoms with Crippen LogP contribution in [-0.4, -0.2) is 15.9 Å². The van der Waals surface area contributed by atoms with E-state index in [0.717, 1.165) is 5.69 Å². The summed E-state index contributed by atoms with van der Waals surface area (Å²) in [5, 5.41) is 8.75. The van der Waals surface area contributed by atoms with Crippen molar-refractivity contribution in [1.29, 1.82) is 0 Å². The van der Waals surface area contributed by atoms with Crippen molar-refractivity contribution in [2.24, 2.45) is 0 Å². The molecule has 0 spiro atoms. The van der Waals surface area contributed by atoms with Crippen molar-refractivity contribution >= 4 is 34.6 Å². The molecule has 7 heteroatoms. The van der Waals surface area contributed by atoms with E-state index in [-0.39, 0.29) is 11.7 Å². The number of aromatic nitrogens is 2. The predicted molar refractivity (Wildman–Crippen MR) is 95.7 cm³/mol. The first-order chi connectivity index (χ1) is 12.1. The molecule has 1 aromatic heterocycles. The molecule has 3 N–H and O–H groups in total. The number of para-hydroxylation sites is 1. The van der Waals surface area contributed by atoms with Gasteiger partial charge in [-0.15, -0.1) is 0 Å². The Morgan fingerprint density at radius 3 is 2.40 bits per heavy atom. The van der Waals surface area contributed by atoms with Crippen LogP contribution < -0.4 is 16.0 Å². The topological polar surface area (TPSA) is 78.9 Å². The van der Waals surface area contributed by atoms with Gasteiger partial charge in [-0.3, -0.25) is 4.79 Å². The highest BCUT2D eigenvalue weighted by Gasteiger charge is 2.04. The van der Waals surface area contributed by atoms with E-state index in [4.69, 9.17) is 0 Å². The summed E-state index contributed by atoms with van der Waals surface area (Å²) in [5.41, 5.74) is 1.76. The molecule has 0 saturated heterocycles. The van der Waals surface area contributed by atoms with E-state index in [1.807, 2.05) is 12.1 Å². The lowest BCUT2D eigenvalue weighted by Crippen LogP contribution is -2.06. The van der Waals surface area contributed by atoms with Crippen molar-refractivity contribution in [3.05, 3.63) is 66.7 Å². The van der Waals surface area contributed by atoms with E-state index < -0.39 is 0 Å². The molecule has 2 aromatic carbocycles. The number of amides is 1. The van der Waals surface area contributed by atoms with E-state index in [1.165, 1.54) is 19.3 Å². The molecule has 0 aliphatic rings. The van der Waals surface area contributed by atoms with Crippen LogP contribution in [0.5, 0.6) is 0 Å². The Morgan fingerprint density at radius 1 is 0.920 bits per heavy atom. The second-order valence-electron chi connectivity index (χ2n) is 5.28. The van der Waals surface area contributed by atoms with Gasteiger partial charge in [0.25, 0.3) is 0 Å². The molecule has 0 atom stereocenters. The zero-order chi connectivity index (χ0) is 17.6. The van der Waals surface area contributed by atoms with E-state index in [0.29, 0.717) is 23.0 Å². The van der Waals surface area contributed by atoms with Gasteiger partial charge in [-0.25, -0.2) is 14.4 Å². The molecule has 6 nitrogen and oxygen atoms in total. The Bertz CT molecular complexity index is 900. The Labute approximate surface area is 144 Å². The SMILES string of the molecule is CC(=O)Nc1cccc(Nc2cc(Nc3ccccc3F)ncn2)c1. The van der Waals surface area contributed by atoms with Gasteiger partial charge in [0.1, 0.15) is 23.8 Å². The molecule has 0 radical (unpaired) electrons. The smallest absolute Gasteiger partial charge is 0.221 e. The summed E-state index contributed by atoms with van der Waals surface area (Å²) in [4.78, 5) is 19.4. The molecule has 0 aliphatic heterocycles. The molecule has 1 heterocycles. The third-order valence-corrected chi connectivity index (χ3v) is 3.26. The minimum absolute atomic E-state index is 0.143. The molecule has 0 fully saturated rings. The molecule has 0 aliphatic carbocycles.